The van der Waals surface area contributed by atoms with Gasteiger partial charge in [0.05, 0.1) is 34.8 Å². The highest BCUT2D eigenvalue weighted by atomic mass is 16.2. The molecule has 0 spiro atoms. The molecule has 0 unspecified atom stereocenters. The Balaban J connectivity index is 2.03. The molecule has 6 heteroatoms. The first-order chi connectivity index (χ1) is 9.68. The predicted molar refractivity (Wildman–Crippen MR) is 76.6 cm³/mol. The predicted octanol–water partition coefficient (Wildman–Crippen LogP) is 1.59. The molecule has 6 nitrogen and oxygen atoms in total. The van der Waals surface area contributed by atoms with Crippen molar-refractivity contribution in [1.29, 1.82) is 0 Å². The maximum atomic E-state index is 12.6. The van der Waals surface area contributed by atoms with Gasteiger partial charge in [-0.1, -0.05) is 6.07 Å². The first-order valence-electron chi connectivity index (χ1n) is 6.08. The lowest BCUT2D eigenvalue weighted by molar-refractivity contribution is 0.0994. The Morgan fingerprint density at radius 3 is 2.95 bits per heavy atom. The summed E-state index contributed by atoms with van der Waals surface area (Å²) in [4.78, 5) is 18.0. The number of carbonyl (C=O) groups is 1. The molecule has 100 valence electrons. The number of hydrogen-bond acceptors (Lipinski definition) is 4. The van der Waals surface area contributed by atoms with E-state index >= 15 is 0 Å². The monoisotopic (exact) mass is 267 g/mol. The summed E-state index contributed by atoms with van der Waals surface area (Å²) in [5.74, 6) is -0.163. The highest BCUT2D eigenvalue weighted by Gasteiger charge is 2.19. The third-order valence-electron chi connectivity index (χ3n) is 3.15. The van der Waals surface area contributed by atoms with Gasteiger partial charge < -0.3 is 10.6 Å². The molecule has 0 aromatic carbocycles. The van der Waals surface area contributed by atoms with E-state index in [1.807, 2.05) is 18.2 Å². The molecule has 3 aromatic heterocycles. The lowest BCUT2D eigenvalue weighted by Crippen LogP contribution is -2.27. The summed E-state index contributed by atoms with van der Waals surface area (Å²) in [6.07, 6.45) is 6.49. The van der Waals surface area contributed by atoms with Crippen molar-refractivity contribution in [1.82, 2.24) is 14.6 Å². The van der Waals surface area contributed by atoms with Gasteiger partial charge in [-0.2, -0.15) is 5.10 Å². The lowest BCUT2D eigenvalue weighted by atomic mass is 10.2. The molecule has 0 aliphatic carbocycles. The number of nitrogens with zero attached hydrogens (tertiary/aromatic N) is 4. The number of carbonyl (C=O) groups excluding carboxylic acids is 1. The van der Waals surface area contributed by atoms with Gasteiger partial charge in [-0.25, -0.2) is 4.52 Å². The van der Waals surface area contributed by atoms with Crippen molar-refractivity contribution in [3.8, 4) is 0 Å². The number of amides is 1. The first-order valence-corrected chi connectivity index (χ1v) is 6.08. The fourth-order valence-electron chi connectivity index (χ4n) is 2.09. The number of anilines is 2. The van der Waals surface area contributed by atoms with Crippen molar-refractivity contribution < 1.29 is 4.79 Å². The van der Waals surface area contributed by atoms with E-state index in [1.165, 1.54) is 11.1 Å². The number of hydrogen-bond donors (Lipinski definition) is 1. The highest BCUT2D eigenvalue weighted by molar-refractivity contribution is 6.11. The molecule has 1 amide bonds. The summed E-state index contributed by atoms with van der Waals surface area (Å²) < 4.78 is 1.66. The van der Waals surface area contributed by atoms with Crippen LogP contribution in [-0.2, 0) is 0 Å². The van der Waals surface area contributed by atoms with Crippen LogP contribution in [0.4, 0.5) is 11.4 Å². The van der Waals surface area contributed by atoms with Crippen LogP contribution < -0.4 is 10.6 Å². The van der Waals surface area contributed by atoms with Crippen molar-refractivity contribution in [2.45, 2.75) is 0 Å². The number of nitrogen functional groups attached to an aromatic ring is 1. The number of fused-ring (bicyclic) bond motifs is 1. The Bertz CT molecular complexity index is 780. The van der Waals surface area contributed by atoms with Gasteiger partial charge in [0.15, 0.2) is 0 Å². The van der Waals surface area contributed by atoms with Gasteiger partial charge in [-0.3, -0.25) is 9.78 Å². The van der Waals surface area contributed by atoms with Crippen molar-refractivity contribution in [3.63, 3.8) is 0 Å². The van der Waals surface area contributed by atoms with E-state index in [0.717, 1.165) is 5.52 Å². The van der Waals surface area contributed by atoms with Crippen molar-refractivity contribution >= 4 is 22.8 Å². The van der Waals surface area contributed by atoms with Crippen LogP contribution in [0.5, 0.6) is 0 Å². The fourth-order valence-corrected chi connectivity index (χ4v) is 2.09. The summed E-state index contributed by atoms with van der Waals surface area (Å²) in [7, 11) is 1.68. The molecule has 3 aromatic rings. The second-order valence-electron chi connectivity index (χ2n) is 4.39. The van der Waals surface area contributed by atoms with Gasteiger partial charge in [0.1, 0.15) is 0 Å². The third kappa shape index (κ3) is 1.87. The highest BCUT2D eigenvalue weighted by Crippen LogP contribution is 2.23. The van der Waals surface area contributed by atoms with Gasteiger partial charge in [0, 0.05) is 19.4 Å². The van der Waals surface area contributed by atoms with Crippen molar-refractivity contribution in [2.24, 2.45) is 0 Å². The zero-order chi connectivity index (χ0) is 14.1. The number of pyridine rings is 2. The Hall–Kier alpha value is -2.89. The smallest absolute Gasteiger partial charge is 0.261 e. The van der Waals surface area contributed by atoms with Crippen molar-refractivity contribution in [3.05, 3.63) is 54.6 Å². The van der Waals surface area contributed by atoms with Crippen LogP contribution in [0.25, 0.3) is 5.52 Å². The van der Waals surface area contributed by atoms with E-state index in [0.29, 0.717) is 16.9 Å². The third-order valence-corrected chi connectivity index (χ3v) is 3.15. The maximum absolute atomic E-state index is 12.6. The van der Waals surface area contributed by atoms with Crippen molar-refractivity contribution in [2.75, 3.05) is 17.7 Å². The summed E-state index contributed by atoms with van der Waals surface area (Å²) >= 11 is 0. The average Bonchev–Trinajstić information content (AvgIpc) is 2.90. The van der Waals surface area contributed by atoms with Gasteiger partial charge in [0.25, 0.3) is 5.91 Å². The van der Waals surface area contributed by atoms with Crippen LogP contribution in [0.15, 0.2) is 49.1 Å². The molecule has 0 bridgehead atoms. The fraction of sp³-hybridized carbons (Fsp3) is 0.0714. The average molecular weight is 267 g/mol. The molecule has 0 saturated carbocycles. The van der Waals surface area contributed by atoms with Gasteiger partial charge >= 0.3 is 0 Å². The second kappa shape index (κ2) is 4.65. The number of rotatable bonds is 2. The summed E-state index contributed by atoms with van der Waals surface area (Å²) in [5.41, 5.74) is 8.22. The van der Waals surface area contributed by atoms with E-state index in [-0.39, 0.29) is 5.91 Å². The quantitative estimate of drug-likeness (QED) is 0.765. The molecular weight excluding hydrogens is 254 g/mol. The molecule has 0 aliphatic heterocycles. The van der Waals surface area contributed by atoms with Gasteiger partial charge in [-0.15, -0.1) is 0 Å². The molecule has 3 rings (SSSR count). The summed E-state index contributed by atoms with van der Waals surface area (Å²) in [5, 5.41) is 4.16. The lowest BCUT2D eigenvalue weighted by Gasteiger charge is -2.18. The molecule has 0 radical (unpaired) electrons. The molecule has 0 saturated heterocycles. The minimum absolute atomic E-state index is 0.163. The molecule has 0 aliphatic rings. The summed E-state index contributed by atoms with van der Waals surface area (Å²) in [6, 6.07) is 7.29. The van der Waals surface area contributed by atoms with Gasteiger partial charge in [-0.05, 0) is 18.2 Å². The molecule has 2 N–H and O–H groups in total. The van der Waals surface area contributed by atoms with Crippen LogP contribution in [0.3, 0.4) is 0 Å². The zero-order valence-electron chi connectivity index (χ0n) is 10.9. The van der Waals surface area contributed by atoms with Crippen LogP contribution in [0.1, 0.15) is 10.4 Å². The van der Waals surface area contributed by atoms with E-state index in [1.54, 1.807) is 36.2 Å². The zero-order valence-corrected chi connectivity index (χ0v) is 10.9. The first kappa shape index (κ1) is 12.2. The molecule has 20 heavy (non-hydrogen) atoms. The normalized spacial score (nSPS) is 10.7. The Morgan fingerprint density at radius 2 is 2.15 bits per heavy atom. The molecule has 0 atom stereocenters. The number of nitrogens with two attached hydrogens (primary N) is 1. The van der Waals surface area contributed by atoms with E-state index in [9.17, 15) is 4.79 Å². The Morgan fingerprint density at radius 1 is 1.30 bits per heavy atom. The maximum Gasteiger partial charge on any atom is 0.261 e. The minimum atomic E-state index is -0.163. The van der Waals surface area contributed by atoms with Crippen LogP contribution in [0.2, 0.25) is 0 Å². The van der Waals surface area contributed by atoms with E-state index < -0.39 is 0 Å². The van der Waals surface area contributed by atoms with Gasteiger partial charge in [0.2, 0.25) is 0 Å². The minimum Gasteiger partial charge on any atom is -0.396 e. The Kier molecular flexibility index (Phi) is 2.83. The number of aromatic nitrogens is 3. The largest absolute Gasteiger partial charge is 0.396 e. The Labute approximate surface area is 115 Å². The van der Waals surface area contributed by atoms with E-state index in [4.69, 9.17) is 5.73 Å². The topological polar surface area (TPSA) is 76.5 Å². The second-order valence-corrected chi connectivity index (χ2v) is 4.39. The van der Waals surface area contributed by atoms with Crippen LogP contribution in [-0.4, -0.2) is 27.6 Å². The van der Waals surface area contributed by atoms with Crippen LogP contribution in [0, 0.1) is 0 Å². The van der Waals surface area contributed by atoms with Crippen LogP contribution >= 0.6 is 0 Å². The standard InChI is InChI=1S/C14H13N5O/c1-18(13-5-6-16-9-11(13)15)14(20)10-8-17-19-7-3-2-4-12(10)19/h2-9H,15H2,1H3. The molecular formula is C14H13N5O. The SMILES string of the molecule is CN(C(=O)c1cnn2ccccc12)c1ccncc1N. The molecule has 3 heterocycles. The van der Waals surface area contributed by atoms with E-state index in [2.05, 4.69) is 10.1 Å². The summed E-state index contributed by atoms with van der Waals surface area (Å²) in [6.45, 7) is 0. The molecule has 0 fully saturated rings.